The van der Waals surface area contributed by atoms with Crippen LogP contribution in [0.1, 0.15) is 21.0 Å². The number of nitrogen functional groups attached to an aromatic ring is 4. The fourth-order valence-electron chi connectivity index (χ4n) is 2.48. The molecule has 218 valence electrons. The lowest BCUT2D eigenvalue weighted by molar-refractivity contribution is -0.0536. The van der Waals surface area contributed by atoms with Gasteiger partial charge in [0.1, 0.15) is 0 Å². The molecule has 2 aromatic rings. The highest BCUT2D eigenvalue weighted by molar-refractivity contribution is 6.32. The lowest BCUT2D eigenvalue weighted by atomic mass is 10.4. The first-order chi connectivity index (χ1) is 18.8. The van der Waals surface area contributed by atoms with Crippen LogP contribution in [0.25, 0.3) is 0 Å². The number of nitrogens with zero attached hydrogens (tertiary/aromatic N) is 8. The Hall–Kier alpha value is -4.34. The Morgan fingerprint density at radius 2 is 1.02 bits per heavy atom. The van der Waals surface area contributed by atoms with Gasteiger partial charge in [-0.05, 0) is 0 Å². The summed E-state index contributed by atoms with van der Waals surface area (Å²) < 4.78 is 10.5. The highest BCUT2D eigenvalue weighted by atomic mass is 35.5. The number of hydroxylamine groups is 4. The van der Waals surface area contributed by atoms with Gasteiger partial charge < -0.3 is 43.9 Å². The molecule has 0 saturated heterocycles. The number of aromatic nitrogens is 4. The maximum Gasteiger partial charge on any atom is 0.302 e. The summed E-state index contributed by atoms with van der Waals surface area (Å²) in [4.78, 5) is 45.9. The van der Waals surface area contributed by atoms with Crippen LogP contribution in [-0.2, 0) is 9.47 Å². The molecule has 2 amide bonds. The first kappa shape index (κ1) is 31.9. The van der Waals surface area contributed by atoms with E-state index in [0.717, 1.165) is 0 Å². The highest BCUT2D eigenvalue weighted by Gasteiger charge is 2.18. The molecule has 0 aromatic carbocycles. The molecule has 0 aliphatic carbocycles. The molecule has 0 atom stereocenters. The van der Waals surface area contributed by atoms with E-state index in [1.807, 2.05) is 0 Å². The molecule has 0 spiro atoms. The smallest absolute Gasteiger partial charge is 0.302 e. The minimum absolute atomic E-state index is 0.0328. The number of halogens is 2. The number of ether oxygens (including phenoxy) is 2. The third-order valence-electron chi connectivity index (χ3n) is 4.44. The molecule has 0 radical (unpaired) electrons. The van der Waals surface area contributed by atoms with Gasteiger partial charge in [-0.15, -0.1) is 0 Å². The van der Waals surface area contributed by atoms with E-state index in [4.69, 9.17) is 67.1 Å². The second-order valence-corrected chi connectivity index (χ2v) is 8.00. The van der Waals surface area contributed by atoms with Crippen molar-refractivity contribution >= 4 is 70.2 Å². The fraction of sp³-hybridized carbons (Fsp3) is 0.333. The van der Waals surface area contributed by atoms with E-state index in [1.54, 1.807) is 0 Å². The number of nitrogens with two attached hydrogens (primary N) is 6. The molecule has 0 aliphatic rings. The topological polar surface area (TPSA) is 332 Å². The Morgan fingerprint density at radius 1 is 0.675 bits per heavy atom. The van der Waals surface area contributed by atoms with E-state index in [9.17, 15) is 20.0 Å². The first-order valence-corrected chi connectivity index (χ1v) is 11.6. The summed E-state index contributed by atoms with van der Waals surface area (Å²) in [7, 11) is 0. The van der Waals surface area contributed by atoms with Crippen LogP contribution in [0, 0.1) is 0 Å². The largest absolute Gasteiger partial charge is 0.382 e. The van der Waals surface area contributed by atoms with Crippen molar-refractivity contribution < 1.29 is 29.5 Å². The zero-order chi connectivity index (χ0) is 30.0. The summed E-state index contributed by atoms with van der Waals surface area (Å²) >= 11 is 11.4. The number of carbonyl (C=O) groups is 2. The fourth-order valence-corrected chi connectivity index (χ4v) is 2.73. The van der Waals surface area contributed by atoms with Crippen molar-refractivity contribution in [3.05, 3.63) is 21.7 Å². The molecule has 0 unspecified atom stereocenters. The summed E-state index contributed by atoms with van der Waals surface area (Å²) in [6.45, 7) is -0.214. The normalized spacial score (nSPS) is 11.9. The highest BCUT2D eigenvalue weighted by Crippen LogP contribution is 2.19. The van der Waals surface area contributed by atoms with Gasteiger partial charge in [0.25, 0.3) is 0 Å². The number of carbonyl (C=O) groups excluding carboxylic acids is 2. The number of aliphatic imine (C=N–C) groups is 2. The minimum Gasteiger partial charge on any atom is -0.382 e. The molecule has 0 aliphatic heterocycles. The van der Waals surface area contributed by atoms with E-state index >= 15 is 0 Å². The van der Waals surface area contributed by atoms with E-state index in [-0.39, 0.29) is 73.1 Å². The molecule has 14 N–H and O–H groups in total. The molecule has 22 heteroatoms. The van der Waals surface area contributed by atoms with Crippen molar-refractivity contribution in [1.29, 1.82) is 0 Å². The maximum atomic E-state index is 12.2. The SMILES string of the molecule is NC(=NC(=O)c1nc(Cl)c(N)nc1N)N(O)CCOCCOCCN(O)C(N)=NC(=O)c1nc(Cl)c(N)nc1N. The predicted molar refractivity (Wildman–Crippen MR) is 142 cm³/mol. The lowest BCUT2D eigenvalue weighted by Gasteiger charge is -2.16. The van der Waals surface area contributed by atoms with E-state index in [2.05, 4.69) is 29.9 Å². The number of amides is 2. The number of hydrogen-bond acceptors (Lipinski definition) is 14. The monoisotopic (exact) mass is 604 g/mol. The molecule has 2 heterocycles. The second-order valence-electron chi connectivity index (χ2n) is 7.29. The number of guanidine groups is 2. The van der Waals surface area contributed by atoms with Crippen molar-refractivity contribution in [2.75, 3.05) is 62.5 Å². The summed E-state index contributed by atoms with van der Waals surface area (Å²) in [5.74, 6) is -4.09. The van der Waals surface area contributed by atoms with E-state index in [0.29, 0.717) is 10.1 Å². The van der Waals surface area contributed by atoms with Crippen LogP contribution in [0.2, 0.25) is 10.3 Å². The molecule has 20 nitrogen and oxygen atoms in total. The zero-order valence-corrected chi connectivity index (χ0v) is 22.1. The molecule has 2 aromatic heterocycles. The van der Waals surface area contributed by atoms with Crippen LogP contribution < -0.4 is 34.4 Å². The molecule has 40 heavy (non-hydrogen) atoms. The van der Waals surface area contributed by atoms with Gasteiger partial charge in [0.15, 0.2) is 45.0 Å². The van der Waals surface area contributed by atoms with Gasteiger partial charge in [-0.2, -0.15) is 9.98 Å². The molecule has 2 rings (SSSR count). The molecular formula is C18H26Cl2N14O6. The van der Waals surface area contributed by atoms with Crippen molar-refractivity contribution in [2.24, 2.45) is 21.5 Å². The Morgan fingerprint density at radius 3 is 1.38 bits per heavy atom. The number of anilines is 4. The summed E-state index contributed by atoms with van der Waals surface area (Å²) in [5.41, 5.74) is 32.4. The van der Waals surface area contributed by atoms with Crippen LogP contribution in [0.4, 0.5) is 23.3 Å². The maximum absolute atomic E-state index is 12.2. The minimum atomic E-state index is -1.00. The molecule has 0 fully saturated rings. The van der Waals surface area contributed by atoms with Crippen LogP contribution >= 0.6 is 23.2 Å². The van der Waals surface area contributed by atoms with Crippen LogP contribution in [0.15, 0.2) is 9.98 Å². The second kappa shape index (κ2) is 14.7. The van der Waals surface area contributed by atoms with Crippen LogP contribution in [0.5, 0.6) is 0 Å². The van der Waals surface area contributed by atoms with Crippen molar-refractivity contribution in [2.45, 2.75) is 0 Å². The molecular weight excluding hydrogens is 579 g/mol. The third-order valence-corrected chi connectivity index (χ3v) is 5.00. The average Bonchev–Trinajstić information content (AvgIpc) is 2.89. The summed E-state index contributed by atoms with van der Waals surface area (Å²) in [6.07, 6.45) is 0. The Balaban J connectivity index is 1.68. The lowest BCUT2D eigenvalue weighted by Crippen LogP contribution is -2.38. The van der Waals surface area contributed by atoms with Crippen molar-refractivity contribution in [3.8, 4) is 0 Å². The van der Waals surface area contributed by atoms with Crippen molar-refractivity contribution in [3.63, 3.8) is 0 Å². The van der Waals surface area contributed by atoms with Crippen LogP contribution in [-0.4, -0.2) is 104 Å². The van der Waals surface area contributed by atoms with Gasteiger partial charge in [0.05, 0.1) is 39.5 Å². The number of hydrogen-bond donors (Lipinski definition) is 8. The van der Waals surface area contributed by atoms with Crippen LogP contribution in [0.3, 0.4) is 0 Å². The van der Waals surface area contributed by atoms with Gasteiger partial charge in [-0.1, -0.05) is 23.2 Å². The Labute approximate surface area is 235 Å². The first-order valence-electron chi connectivity index (χ1n) is 10.8. The quantitative estimate of drug-likeness (QED) is 0.0589. The van der Waals surface area contributed by atoms with Gasteiger partial charge in [0, 0.05) is 0 Å². The summed E-state index contributed by atoms with van der Waals surface area (Å²) in [5, 5.41) is 20.2. The average molecular weight is 605 g/mol. The van der Waals surface area contributed by atoms with Gasteiger partial charge >= 0.3 is 11.8 Å². The van der Waals surface area contributed by atoms with E-state index in [1.165, 1.54) is 0 Å². The third kappa shape index (κ3) is 9.14. The van der Waals surface area contributed by atoms with Crippen molar-refractivity contribution in [1.82, 2.24) is 30.1 Å². The van der Waals surface area contributed by atoms with Gasteiger partial charge in [-0.3, -0.25) is 20.0 Å². The zero-order valence-electron chi connectivity index (χ0n) is 20.6. The number of rotatable bonds is 11. The standard InChI is InChI=1S/C18H26Cl2N14O6/c19-9-13(23)29-11(21)7(27-9)15(35)31-17(25)33(37)1-3-39-5-6-40-4-2-34(38)18(26)32-16(36)8-12(22)30-14(24)10(20)28-8/h37-38H,1-6H2,(H4,21,23,29)(H4,22,24,30)(H2,25,31,35)(H2,26,32,36). The predicted octanol–water partition coefficient (Wildman–Crippen LogP) is -2.07. The Kier molecular flexibility index (Phi) is 11.7. The van der Waals surface area contributed by atoms with E-state index < -0.39 is 35.1 Å². The van der Waals surface area contributed by atoms with Gasteiger partial charge in [0.2, 0.25) is 11.9 Å². The molecule has 0 bridgehead atoms. The van der Waals surface area contributed by atoms with Gasteiger partial charge in [-0.25, -0.2) is 30.1 Å². The molecule has 0 saturated carbocycles. The summed E-state index contributed by atoms with van der Waals surface area (Å²) in [6, 6.07) is 0. The Bertz CT molecular complexity index is 1200.